The highest BCUT2D eigenvalue weighted by atomic mass is 32.2. The van der Waals surface area contributed by atoms with Crippen molar-refractivity contribution in [3.63, 3.8) is 0 Å². The molecule has 1 heterocycles. The molecular weight excluding hydrogens is 312 g/mol. The van der Waals surface area contributed by atoms with Crippen molar-refractivity contribution < 1.29 is 13.5 Å². The Morgan fingerprint density at radius 2 is 1.74 bits per heavy atom. The summed E-state index contributed by atoms with van der Waals surface area (Å²) in [6, 6.07) is 7.18. The van der Waals surface area contributed by atoms with E-state index < -0.39 is 10.0 Å². The lowest BCUT2D eigenvalue weighted by molar-refractivity contribution is 0.0782. The summed E-state index contributed by atoms with van der Waals surface area (Å²) in [4.78, 5) is 2.55. The number of aliphatic hydroxyl groups is 1. The van der Waals surface area contributed by atoms with Gasteiger partial charge < -0.3 is 5.11 Å². The highest BCUT2D eigenvalue weighted by Gasteiger charge is 2.33. The van der Waals surface area contributed by atoms with Crippen molar-refractivity contribution in [2.45, 2.75) is 37.2 Å². The van der Waals surface area contributed by atoms with Crippen LogP contribution in [0.4, 0.5) is 0 Å². The SMILES string of the molecule is CCc1ccc(S(=O)(=O)N2CCN(CC(O)C3CC3)CC2)cc1. The smallest absolute Gasteiger partial charge is 0.243 e. The van der Waals surface area contributed by atoms with E-state index in [9.17, 15) is 13.5 Å². The number of benzene rings is 1. The fraction of sp³-hybridized carbons (Fsp3) is 0.647. The van der Waals surface area contributed by atoms with Crippen LogP contribution in [0.25, 0.3) is 0 Å². The van der Waals surface area contributed by atoms with Crippen LogP contribution in [-0.2, 0) is 16.4 Å². The Morgan fingerprint density at radius 1 is 1.13 bits per heavy atom. The molecule has 0 bridgehead atoms. The molecule has 2 fully saturated rings. The minimum atomic E-state index is -3.40. The van der Waals surface area contributed by atoms with Gasteiger partial charge in [0.05, 0.1) is 11.0 Å². The lowest BCUT2D eigenvalue weighted by Gasteiger charge is -2.35. The first-order valence-corrected chi connectivity index (χ1v) is 9.94. The Labute approximate surface area is 139 Å². The summed E-state index contributed by atoms with van der Waals surface area (Å²) in [5.74, 6) is 0.467. The van der Waals surface area contributed by atoms with E-state index in [0.717, 1.165) is 24.8 Å². The molecule has 1 saturated heterocycles. The molecule has 1 aromatic carbocycles. The van der Waals surface area contributed by atoms with Gasteiger partial charge in [-0.1, -0.05) is 19.1 Å². The topological polar surface area (TPSA) is 60.9 Å². The predicted molar refractivity (Wildman–Crippen MR) is 89.7 cm³/mol. The second-order valence-corrected chi connectivity index (χ2v) is 8.54. The molecule has 128 valence electrons. The van der Waals surface area contributed by atoms with Crippen LogP contribution >= 0.6 is 0 Å². The Kier molecular flexibility index (Phi) is 5.06. The zero-order valence-corrected chi connectivity index (χ0v) is 14.5. The number of aliphatic hydroxyl groups excluding tert-OH is 1. The summed E-state index contributed by atoms with van der Waals surface area (Å²) < 4.78 is 26.9. The summed E-state index contributed by atoms with van der Waals surface area (Å²) >= 11 is 0. The predicted octanol–water partition coefficient (Wildman–Crippen LogP) is 1.33. The second-order valence-electron chi connectivity index (χ2n) is 6.61. The van der Waals surface area contributed by atoms with Crippen LogP contribution in [-0.4, -0.2) is 61.6 Å². The molecule has 1 unspecified atom stereocenters. The molecule has 1 saturated carbocycles. The summed E-state index contributed by atoms with van der Waals surface area (Å²) in [5.41, 5.74) is 1.14. The zero-order valence-electron chi connectivity index (χ0n) is 13.7. The maximum absolute atomic E-state index is 12.7. The first-order valence-electron chi connectivity index (χ1n) is 8.50. The molecule has 3 rings (SSSR count). The monoisotopic (exact) mass is 338 g/mol. The van der Waals surface area contributed by atoms with E-state index >= 15 is 0 Å². The maximum Gasteiger partial charge on any atom is 0.243 e. The summed E-state index contributed by atoms with van der Waals surface area (Å²) in [5, 5.41) is 10.0. The second kappa shape index (κ2) is 6.89. The van der Waals surface area contributed by atoms with E-state index in [1.807, 2.05) is 12.1 Å². The Bertz CT molecular complexity index is 618. The van der Waals surface area contributed by atoms with Gasteiger partial charge >= 0.3 is 0 Å². The van der Waals surface area contributed by atoms with Crippen LogP contribution in [0.1, 0.15) is 25.3 Å². The lowest BCUT2D eigenvalue weighted by Crippen LogP contribution is -2.50. The average molecular weight is 338 g/mol. The normalized spacial score (nSPS) is 22.2. The molecule has 1 aliphatic heterocycles. The van der Waals surface area contributed by atoms with Gasteiger partial charge in [0, 0.05) is 32.7 Å². The summed E-state index contributed by atoms with van der Waals surface area (Å²) in [6.45, 7) is 5.10. The van der Waals surface area contributed by atoms with E-state index in [0.29, 0.717) is 43.5 Å². The van der Waals surface area contributed by atoms with E-state index in [4.69, 9.17) is 0 Å². The molecule has 0 amide bonds. The van der Waals surface area contributed by atoms with Crippen molar-refractivity contribution in [2.75, 3.05) is 32.7 Å². The van der Waals surface area contributed by atoms with Gasteiger partial charge in [0.1, 0.15) is 0 Å². The van der Waals surface area contributed by atoms with Crippen molar-refractivity contribution in [1.82, 2.24) is 9.21 Å². The number of nitrogens with zero attached hydrogens (tertiary/aromatic N) is 2. The van der Waals surface area contributed by atoms with Crippen molar-refractivity contribution in [3.05, 3.63) is 29.8 Å². The number of sulfonamides is 1. The molecule has 0 spiro atoms. The largest absolute Gasteiger partial charge is 0.392 e. The third-order valence-electron chi connectivity index (χ3n) is 4.91. The Balaban J connectivity index is 1.58. The van der Waals surface area contributed by atoms with Gasteiger partial charge in [-0.3, -0.25) is 4.90 Å². The third-order valence-corrected chi connectivity index (χ3v) is 6.82. The number of piperazine rings is 1. The molecule has 6 heteroatoms. The van der Waals surface area contributed by atoms with Crippen LogP contribution in [0.15, 0.2) is 29.2 Å². The first kappa shape index (κ1) is 16.9. The standard InChI is InChI=1S/C17H26N2O3S/c1-2-14-3-7-16(8-4-14)23(21,22)19-11-9-18(10-12-19)13-17(20)15-5-6-15/h3-4,7-8,15,17,20H,2,5-6,9-13H2,1H3. The quantitative estimate of drug-likeness (QED) is 0.850. The van der Waals surface area contributed by atoms with Crippen molar-refractivity contribution in [3.8, 4) is 0 Å². The van der Waals surface area contributed by atoms with Gasteiger partial charge in [-0.25, -0.2) is 8.42 Å². The number of hydrogen-bond donors (Lipinski definition) is 1. The minimum absolute atomic E-state index is 0.250. The molecular formula is C17H26N2O3S. The summed E-state index contributed by atoms with van der Waals surface area (Å²) in [6.07, 6.45) is 2.91. The average Bonchev–Trinajstić information content (AvgIpc) is 3.40. The molecule has 0 aromatic heterocycles. The fourth-order valence-electron chi connectivity index (χ4n) is 3.09. The Hall–Kier alpha value is -0.950. The highest BCUT2D eigenvalue weighted by molar-refractivity contribution is 7.89. The van der Waals surface area contributed by atoms with E-state index in [1.165, 1.54) is 0 Å². The van der Waals surface area contributed by atoms with Gasteiger partial charge in [-0.15, -0.1) is 0 Å². The van der Waals surface area contributed by atoms with Gasteiger partial charge in [0.25, 0.3) is 0 Å². The lowest BCUT2D eigenvalue weighted by atomic mass is 10.2. The van der Waals surface area contributed by atoms with Crippen LogP contribution < -0.4 is 0 Å². The molecule has 23 heavy (non-hydrogen) atoms. The molecule has 1 aliphatic carbocycles. The first-order chi connectivity index (χ1) is 11.0. The molecule has 2 aliphatic rings. The number of rotatable bonds is 6. The van der Waals surface area contributed by atoms with Gasteiger partial charge in [0.2, 0.25) is 10.0 Å². The van der Waals surface area contributed by atoms with Crippen LogP contribution in [0, 0.1) is 5.92 Å². The fourth-order valence-corrected chi connectivity index (χ4v) is 4.52. The summed E-state index contributed by atoms with van der Waals surface area (Å²) in [7, 11) is -3.40. The van der Waals surface area contributed by atoms with Crippen molar-refractivity contribution in [2.24, 2.45) is 5.92 Å². The van der Waals surface area contributed by atoms with E-state index in [2.05, 4.69) is 11.8 Å². The third kappa shape index (κ3) is 3.94. The number of aryl methyl sites for hydroxylation is 1. The van der Waals surface area contributed by atoms with Gasteiger partial charge in [-0.05, 0) is 42.9 Å². The molecule has 1 aromatic rings. The Morgan fingerprint density at radius 3 is 2.26 bits per heavy atom. The van der Waals surface area contributed by atoms with Gasteiger partial charge in [0.15, 0.2) is 0 Å². The van der Waals surface area contributed by atoms with Gasteiger partial charge in [-0.2, -0.15) is 4.31 Å². The molecule has 0 radical (unpaired) electrons. The highest BCUT2D eigenvalue weighted by Crippen LogP contribution is 2.33. The number of hydrogen-bond acceptors (Lipinski definition) is 4. The molecule has 5 nitrogen and oxygen atoms in total. The van der Waals surface area contributed by atoms with E-state index in [1.54, 1.807) is 16.4 Å². The van der Waals surface area contributed by atoms with Crippen LogP contribution in [0.5, 0.6) is 0 Å². The number of β-amino-alcohol motifs (C(OH)–C–C–N with tert-alkyl or cyclic N) is 1. The van der Waals surface area contributed by atoms with Crippen LogP contribution in [0.3, 0.4) is 0 Å². The zero-order chi connectivity index (χ0) is 16.4. The maximum atomic E-state index is 12.7. The molecule has 1 N–H and O–H groups in total. The minimum Gasteiger partial charge on any atom is -0.392 e. The van der Waals surface area contributed by atoms with Crippen molar-refractivity contribution >= 4 is 10.0 Å². The van der Waals surface area contributed by atoms with Crippen LogP contribution in [0.2, 0.25) is 0 Å². The van der Waals surface area contributed by atoms with Crippen molar-refractivity contribution in [1.29, 1.82) is 0 Å². The molecule has 1 atom stereocenters. The van der Waals surface area contributed by atoms with E-state index in [-0.39, 0.29) is 6.10 Å².